The van der Waals surface area contributed by atoms with Crippen LogP contribution in [0.4, 0.5) is 5.82 Å². The predicted octanol–water partition coefficient (Wildman–Crippen LogP) is 1.76. The summed E-state index contributed by atoms with van der Waals surface area (Å²) >= 11 is 6.24. The van der Waals surface area contributed by atoms with Gasteiger partial charge in [-0.25, -0.2) is 4.98 Å². The van der Waals surface area contributed by atoms with Crippen molar-refractivity contribution in [1.82, 2.24) is 9.88 Å². The summed E-state index contributed by atoms with van der Waals surface area (Å²) in [5, 5.41) is 9.71. The first-order valence-corrected chi connectivity index (χ1v) is 7.36. The molecule has 1 aliphatic heterocycles. The fraction of sp³-hybridized carbons (Fsp3) is 0.643. The number of nitrogens with zero attached hydrogens (tertiary/aromatic N) is 3. The maximum atomic E-state index is 9.07. The first kappa shape index (κ1) is 13.2. The Bertz CT molecular complexity index is 442. The number of hydrogen-bond donors (Lipinski definition) is 1. The number of rotatable bonds is 4. The fourth-order valence-electron chi connectivity index (χ4n) is 2.60. The van der Waals surface area contributed by atoms with E-state index in [9.17, 15) is 0 Å². The molecule has 0 unspecified atom stereocenters. The van der Waals surface area contributed by atoms with Gasteiger partial charge in [0.2, 0.25) is 0 Å². The third-order valence-corrected chi connectivity index (χ3v) is 4.22. The fourth-order valence-corrected chi connectivity index (χ4v) is 2.91. The molecule has 1 saturated heterocycles. The van der Waals surface area contributed by atoms with E-state index in [1.165, 1.54) is 19.4 Å². The molecule has 3 rings (SSSR count). The number of hydrogen-bond acceptors (Lipinski definition) is 4. The van der Waals surface area contributed by atoms with Gasteiger partial charge in [0, 0.05) is 38.9 Å². The molecule has 4 nitrogen and oxygen atoms in total. The van der Waals surface area contributed by atoms with Crippen molar-refractivity contribution in [2.45, 2.75) is 19.4 Å². The third-order valence-electron chi connectivity index (χ3n) is 3.95. The Hall–Kier alpha value is -0.840. The molecule has 0 amide bonds. The van der Waals surface area contributed by atoms with Crippen LogP contribution in [0.5, 0.6) is 0 Å². The molecular formula is C14H20ClN3O. The molecule has 104 valence electrons. The maximum absolute atomic E-state index is 9.07. The van der Waals surface area contributed by atoms with Crippen molar-refractivity contribution in [3.05, 3.63) is 22.8 Å². The predicted molar refractivity (Wildman–Crippen MR) is 76.5 cm³/mol. The van der Waals surface area contributed by atoms with E-state index in [-0.39, 0.29) is 6.61 Å². The molecule has 2 fully saturated rings. The highest BCUT2D eigenvalue weighted by Gasteiger charge is 2.27. The van der Waals surface area contributed by atoms with Crippen LogP contribution < -0.4 is 4.90 Å². The molecule has 2 aliphatic rings. The lowest BCUT2D eigenvalue weighted by atomic mass is 10.2. The summed E-state index contributed by atoms with van der Waals surface area (Å²) < 4.78 is 0. The summed E-state index contributed by atoms with van der Waals surface area (Å²) in [5.74, 6) is 1.81. The molecule has 1 aliphatic carbocycles. The van der Waals surface area contributed by atoms with Gasteiger partial charge in [0.15, 0.2) is 0 Å². The zero-order valence-electron chi connectivity index (χ0n) is 11.1. The lowest BCUT2D eigenvalue weighted by molar-refractivity contribution is 0.247. The van der Waals surface area contributed by atoms with Crippen LogP contribution in [-0.2, 0) is 6.61 Å². The molecule has 0 radical (unpaired) electrons. The van der Waals surface area contributed by atoms with Gasteiger partial charge in [-0.3, -0.25) is 4.90 Å². The number of piperazine rings is 1. The van der Waals surface area contributed by atoms with Gasteiger partial charge in [-0.1, -0.05) is 11.6 Å². The molecule has 0 aromatic carbocycles. The summed E-state index contributed by atoms with van der Waals surface area (Å²) in [5.41, 5.74) is 0.765. The van der Waals surface area contributed by atoms with Gasteiger partial charge in [-0.05, 0) is 30.4 Å². The second kappa shape index (κ2) is 5.65. The van der Waals surface area contributed by atoms with Crippen LogP contribution in [-0.4, -0.2) is 47.7 Å². The Morgan fingerprint density at radius 1 is 1.26 bits per heavy atom. The first-order valence-electron chi connectivity index (χ1n) is 6.99. The zero-order chi connectivity index (χ0) is 13.2. The summed E-state index contributed by atoms with van der Waals surface area (Å²) in [6, 6.07) is 1.81. The number of aliphatic hydroxyl groups is 1. The Balaban J connectivity index is 1.60. The van der Waals surface area contributed by atoms with Crippen LogP contribution in [0.3, 0.4) is 0 Å². The van der Waals surface area contributed by atoms with E-state index in [2.05, 4.69) is 14.8 Å². The van der Waals surface area contributed by atoms with Crippen molar-refractivity contribution in [2.24, 2.45) is 5.92 Å². The minimum Gasteiger partial charge on any atom is -0.392 e. The highest BCUT2D eigenvalue weighted by molar-refractivity contribution is 6.33. The summed E-state index contributed by atoms with van der Waals surface area (Å²) in [6.07, 6.45) is 4.53. The number of pyridine rings is 1. The minimum atomic E-state index is -0.0117. The normalized spacial score (nSPS) is 20.8. The maximum Gasteiger partial charge on any atom is 0.147 e. The van der Waals surface area contributed by atoms with Crippen molar-refractivity contribution in [1.29, 1.82) is 0 Å². The average Bonchev–Trinajstić information content (AvgIpc) is 3.24. The number of halogens is 1. The third kappa shape index (κ3) is 3.19. The summed E-state index contributed by atoms with van der Waals surface area (Å²) in [4.78, 5) is 9.18. The molecular weight excluding hydrogens is 262 g/mol. The Morgan fingerprint density at radius 3 is 2.58 bits per heavy atom. The lowest BCUT2D eigenvalue weighted by Gasteiger charge is -2.35. The second-order valence-corrected chi connectivity index (χ2v) is 5.95. The Labute approximate surface area is 119 Å². The van der Waals surface area contributed by atoms with Crippen LogP contribution in [0, 0.1) is 5.92 Å². The van der Waals surface area contributed by atoms with Crippen LogP contribution in [0.2, 0.25) is 5.02 Å². The molecule has 0 bridgehead atoms. The van der Waals surface area contributed by atoms with Gasteiger partial charge in [0.05, 0.1) is 11.6 Å². The smallest absolute Gasteiger partial charge is 0.147 e. The highest BCUT2D eigenvalue weighted by atomic mass is 35.5. The van der Waals surface area contributed by atoms with E-state index in [4.69, 9.17) is 16.7 Å². The molecule has 1 aromatic rings. The molecule has 1 saturated carbocycles. The summed E-state index contributed by atoms with van der Waals surface area (Å²) in [7, 11) is 0. The zero-order valence-corrected chi connectivity index (χ0v) is 11.8. The van der Waals surface area contributed by atoms with E-state index >= 15 is 0 Å². The van der Waals surface area contributed by atoms with Crippen molar-refractivity contribution < 1.29 is 5.11 Å². The molecule has 2 heterocycles. The molecule has 0 spiro atoms. The molecule has 1 aromatic heterocycles. The second-order valence-electron chi connectivity index (χ2n) is 5.54. The van der Waals surface area contributed by atoms with Crippen LogP contribution in [0.25, 0.3) is 0 Å². The van der Waals surface area contributed by atoms with Gasteiger partial charge in [0.1, 0.15) is 5.82 Å². The van der Waals surface area contributed by atoms with E-state index in [0.29, 0.717) is 5.02 Å². The quantitative estimate of drug-likeness (QED) is 0.913. The van der Waals surface area contributed by atoms with E-state index < -0.39 is 0 Å². The van der Waals surface area contributed by atoms with Crippen molar-refractivity contribution in [3.8, 4) is 0 Å². The minimum absolute atomic E-state index is 0.0117. The molecule has 5 heteroatoms. The van der Waals surface area contributed by atoms with Gasteiger partial charge in [0.25, 0.3) is 0 Å². The van der Waals surface area contributed by atoms with E-state index in [1.807, 2.05) is 0 Å². The van der Waals surface area contributed by atoms with Crippen molar-refractivity contribution in [3.63, 3.8) is 0 Å². The monoisotopic (exact) mass is 281 g/mol. The van der Waals surface area contributed by atoms with Crippen molar-refractivity contribution in [2.75, 3.05) is 37.6 Å². The van der Waals surface area contributed by atoms with Crippen LogP contribution >= 0.6 is 11.6 Å². The topological polar surface area (TPSA) is 39.6 Å². The molecule has 1 N–H and O–H groups in total. The van der Waals surface area contributed by atoms with Gasteiger partial charge in [-0.15, -0.1) is 0 Å². The van der Waals surface area contributed by atoms with E-state index in [0.717, 1.165) is 43.5 Å². The molecule has 19 heavy (non-hydrogen) atoms. The SMILES string of the molecule is OCc1cnc(N2CCN(CC3CC3)CC2)c(Cl)c1. The standard InChI is InChI=1S/C14H20ClN3O/c15-13-7-12(10-19)8-16-14(13)18-5-3-17(4-6-18)9-11-1-2-11/h7-8,11,19H,1-6,9-10H2. The largest absolute Gasteiger partial charge is 0.392 e. The number of aliphatic hydroxyl groups excluding tert-OH is 1. The number of aromatic nitrogens is 1. The number of anilines is 1. The van der Waals surface area contributed by atoms with Gasteiger partial charge < -0.3 is 10.0 Å². The van der Waals surface area contributed by atoms with Crippen LogP contribution in [0.1, 0.15) is 18.4 Å². The average molecular weight is 282 g/mol. The van der Waals surface area contributed by atoms with Crippen LogP contribution in [0.15, 0.2) is 12.3 Å². The Morgan fingerprint density at radius 2 is 2.00 bits per heavy atom. The van der Waals surface area contributed by atoms with E-state index in [1.54, 1.807) is 12.3 Å². The molecule has 0 atom stereocenters. The Kier molecular flexibility index (Phi) is 3.91. The highest BCUT2D eigenvalue weighted by Crippen LogP contribution is 2.30. The lowest BCUT2D eigenvalue weighted by Crippen LogP contribution is -2.47. The van der Waals surface area contributed by atoms with Gasteiger partial charge in [-0.2, -0.15) is 0 Å². The van der Waals surface area contributed by atoms with Gasteiger partial charge >= 0.3 is 0 Å². The first-order chi connectivity index (χ1) is 9.26. The summed E-state index contributed by atoms with van der Waals surface area (Å²) in [6.45, 7) is 5.41. The van der Waals surface area contributed by atoms with Crippen molar-refractivity contribution >= 4 is 17.4 Å².